The fraction of sp³-hybridized carbons (Fsp3) is 0.692. The van der Waals surface area contributed by atoms with Gasteiger partial charge >= 0.3 is 0 Å². The fourth-order valence-electron chi connectivity index (χ4n) is 3.73. The highest BCUT2D eigenvalue weighted by molar-refractivity contribution is 6.29. The SMILES string of the molecule is CN(c1cncc(Cl)n1)[C@@H]1[C@H]2CCO[C@H]2C1(C)C. The number of nitrogens with zero attached hydrogens (tertiary/aromatic N) is 3. The molecule has 98 valence electrons. The van der Waals surface area contributed by atoms with Crippen molar-refractivity contribution < 1.29 is 4.74 Å². The number of anilines is 1. The molecule has 1 saturated heterocycles. The smallest absolute Gasteiger partial charge is 0.149 e. The monoisotopic (exact) mass is 267 g/mol. The van der Waals surface area contributed by atoms with Crippen LogP contribution in [0.4, 0.5) is 5.82 Å². The van der Waals surface area contributed by atoms with E-state index < -0.39 is 0 Å². The molecule has 18 heavy (non-hydrogen) atoms. The van der Waals surface area contributed by atoms with Crippen LogP contribution in [0.25, 0.3) is 0 Å². The van der Waals surface area contributed by atoms with Crippen molar-refractivity contribution in [1.82, 2.24) is 9.97 Å². The fourth-order valence-corrected chi connectivity index (χ4v) is 3.87. The van der Waals surface area contributed by atoms with Crippen molar-refractivity contribution in [2.45, 2.75) is 32.4 Å². The molecule has 0 unspecified atom stereocenters. The average molecular weight is 268 g/mol. The third-order valence-electron chi connectivity index (χ3n) is 4.41. The van der Waals surface area contributed by atoms with Gasteiger partial charge in [0.2, 0.25) is 0 Å². The van der Waals surface area contributed by atoms with Crippen LogP contribution in [0.3, 0.4) is 0 Å². The van der Waals surface area contributed by atoms with Crippen LogP contribution in [0.5, 0.6) is 0 Å². The van der Waals surface area contributed by atoms with Gasteiger partial charge in [0.15, 0.2) is 0 Å². The lowest BCUT2D eigenvalue weighted by molar-refractivity contribution is -0.101. The summed E-state index contributed by atoms with van der Waals surface area (Å²) in [6.07, 6.45) is 4.85. The molecule has 0 aromatic carbocycles. The Morgan fingerprint density at radius 3 is 2.94 bits per heavy atom. The second kappa shape index (κ2) is 4.07. The summed E-state index contributed by atoms with van der Waals surface area (Å²) in [5, 5.41) is 0.440. The van der Waals surface area contributed by atoms with Gasteiger partial charge in [-0.1, -0.05) is 25.4 Å². The molecule has 1 aromatic heterocycles. The van der Waals surface area contributed by atoms with Crippen LogP contribution in [0.15, 0.2) is 12.4 Å². The quantitative estimate of drug-likeness (QED) is 0.825. The normalized spacial score (nSPS) is 32.8. The maximum Gasteiger partial charge on any atom is 0.149 e. The zero-order chi connectivity index (χ0) is 12.9. The van der Waals surface area contributed by atoms with Gasteiger partial charge in [0.25, 0.3) is 0 Å². The molecular weight excluding hydrogens is 250 g/mol. The third kappa shape index (κ3) is 1.62. The van der Waals surface area contributed by atoms with Gasteiger partial charge in [-0.05, 0) is 6.42 Å². The van der Waals surface area contributed by atoms with E-state index in [1.165, 1.54) is 0 Å². The number of rotatable bonds is 2. The summed E-state index contributed by atoms with van der Waals surface area (Å²) in [6.45, 7) is 5.40. The van der Waals surface area contributed by atoms with Crippen LogP contribution < -0.4 is 4.90 Å². The van der Waals surface area contributed by atoms with E-state index in [4.69, 9.17) is 16.3 Å². The predicted octanol–water partition coefficient (Wildman–Crippen LogP) is 2.38. The van der Waals surface area contributed by atoms with Gasteiger partial charge < -0.3 is 9.64 Å². The lowest BCUT2D eigenvalue weighted by atomic mass is 9.57. The third-order valence-corrected chi connectivity index (χ3v) is 4.59. The van der Waals surface area contributed by atoms with E-state index >= 15 is 0 Å². The summed E-state index contributed by atoms with van der Waals surface area (Å²) < 4.78 is 5.82. The number of halogens is 1. The average Bonchev–Trinajstić information content (AvgIpc) is 2.75. The van der Waals surface area contributed by atoms with Crippen molar-refractivity contribution in [1.29, 1.82) is 0 Å². The van der Waals surface area contributed by atoms with Gasteiger partial charge in [-0.2, -0.15) is 0 Å². The van der Waals surface area contributed by atoms with Crippen LogP contribution >= 0.6 is 11.6 Å². The highest BCUT2D eigenvalue weighted by Gasteiger charge is 2.61. The predicted molar refractivity (Wildman–Crippen MR) is 70.9 cm³/mol. The molecule has 3 atom stereocenters. The van der Waals surface area contributed by atoms with Crippen LogP contribution in [0.1, 0.15) is 20.3 Å². The number of fused-ring (bicyclic) bond motifs is 1. The maximum atomic E-state index is 5.91. The van der Waals surface area contributed by atoms with E-state index in [-0.39, 0.29) is 5.41 Å². The molecule has 2 heterocycles. The van der Waals surface area contributed by atoms with Crippen molar-refractivity contribution in [2.24, 2.45) is 11.3 Å². The van der Waals surface area contributed by atoms with Gasteiger partial charge in [-0.3, -0.25) is 4.98 Å². The van der Waals surface area contributed by atoms with Gasteiger partial charge in [0.1, 0.15) is 11.0 Å². The van der Waals surface area contributed by atoms with Crippen molar-refractivity contribution in [3.8, 4) is 0 Å². The van der Waals surface area contributed by atoms with E-state index in [9.17, 15) is 0 Å². The van der Waals surface area contributed by atoms with Crippen molar-refractivity contribution in [2.75, 3.05) is 18.6 Å². The lowest BCUT2D eigenvalue weighted by Crippen LogP contribution is -2.66. The minimum absolute atomic E-state index is 0.153. The Kier molecular flexibility index (Phi) is 2.75. The minimum atomic E-state index is 0.153. The van der Waals surface area contributed by atoms with Crippen molar-refractivity contribution in [3.05, 3.63) is 17.5 Å². The Hall–Kier alpha value is -0.870. The first kappa shape index (κ1) is 12.2. The molecule has 1 aliphatic heterocycles. The summed E-state index contributed by atoms with van der Waals surface area (Å²) >= 11 is 5.91. The Bertz CT molecular complexity index is 465. The molecule has 5 heteroatoms. The van der Waals surface area contributed by atoms with Crippen LogP contribution in [-0.2, 0) is 4.74 Å². The van der Waals surface area contributed by atoms with Crippen LogP contribution in [-0.4, -0.2) is 35.8 Å². The Balaban J connectivity index is 1.87. The standard InChI is InChI=1S/C13H18ClN3O/c1-13(2)11(8-4-5-18-12(8)13)17(3)10-7-15-6-9(14)16-10/h6-8,11-12H,4-5H2,1-3H3/t8-,11-,12-/m1/s1. The number of aromatic nitrogens is 2. The van der Waals surface area contributed by atoms with Crippen molar-refractivity contribution >= 4 is 17.4 Å². The summed E-state index contributed by atoms with van der Waals surface area (Å²) in [6, 6.07) is 0.442. The van der Waals surface area contributed by atoms with Gasteiger partial charge in [-0.15, -0.1) is 0 Å². The van der Waals surface area contributed by atoms with Crippen molar-refractivity contribution in [3.63, 3.8) is 0 Å². The van der Waals surface area contributed by atoms with E-state index in [1.54, 1.807) is 12.4 Å². The van der Waals surface area contributed by atoms with Gasteiger partial charge in [0, 0.05) is 31.0 Å². The maximum absolute atomic E-state index is 5.91. The minimum Gasteiger partial charge on any atom is -0.377 e. The van der Waals surface area contributed by atoms with E-state index in [1.807, 2.05) is 0 Å². The van der Waals surface area contributed by atoms with Gasteiger partial charge in [-0.25, -0.2) is 4.98 Å². The first-order chi connectivity index (χ1) is 8.51. The van der Waals surface area contributed by atoms with E-state index in [0.717, 1.165) is 18.8 Å². The zero-order valence-corrected chi connectivity index (χ0v) is 11.7. The number of hydrogen-bond acceptors (Lipinski definition) is 4. The Morgan fingerprint density at radius 1 is 1.44 bits per heavy atom. The molecule has 0 bridgehead atoms. The van der Waals surface area contributed by atoms with E-state index in [0.29, 0.717) is 23.2 Å². The molecule has 4 nitrogen and oxygen atoms in total. The summed E-state index contributed by atoms with van der Waals surface area (Å²) in [5.74, 6) is 1.44. The van der Waals surface area contributed by atoms with Crippen LogP contribution in [0, 0.1) is 11.3 Å². The first-order valence-corrected chi connectivity index (χ1v) is 6.71. The zero-order valence-electron chi connectivity index (χ0n) is 10.9. The molecule has 0 amide bonds. The molecule has 0 spiro atoms. The Morgan fingerprint density at radius 2 is 2.22 bits per heavy atom. The first-order valence-electron chi connectivity index (χ1n) is 6.34. The molecule has 0 radical (unpaired) electrons. The topological polar surface area (TPSA) is 38.2 Å². The molecule has 1 aromatic rings. The molecular formula is C13H18ClN3O. The molecule has 3 rings (SSSR count). The lowest BCUT2D eigenvalue weighted by Gasteiger charge is -2.58. The summed E-state index contributed by atoms with van der Waals surface area (Å²) in [4.78, 5) is 10.7. The molecule has 2 aliphatic rings. The molecule has 1 saturated carbocycles. The van der Waals surface area contributed by atoms with Gasteiger partial charge in [0.05, 0.1) is 18.5 Å². The number of ether oxygens (including phenoxy) is 1. The molecule has 0 N–H and O–H groups in total. The number of hydrogen-bond donors (Lipinski definition) is 0. The highest BCUT2D eigenvalue weighted by atomic mass is 35.5. The summed E-state index contributed by atoms with van der Waals surface area (Å²) in [5.41, 5.74) is 0.153. The summed E-state index contributed by atoms with van der Waals surface area (Å²) in [7, 11) is 2.07. The van der Waals surface area contributed by atoms with Crippen LogP contribution in [0.2, 0.25) is 5.15 Å². The van der Waals surface area contributed by atoms with E-state index in [2.05, 4.69) is 35.8 Å². The largest absolute Gasteiger partial charge is 0.377 e. The molecule has 1 aliphatic carbocycles. The second-order valence-electron chi connectivity index (χ2n) is 5.82. The Labute approximate surface area is 112 Å². The second-order valence-corrected chi connectivity index (χ2v) is 6.21. The highest BCUT2D eigenvalue weighted by Crippen LogP contribution is 2.54. The molecule has 2 fully saturated rings.